The smallest absolute Gasteiger partial charge is 0.187 e. The van der Waals surface area contributed by atoms with Crippen molar-refractivity contribution in [3.63, 3.8) is 0 Å². The first-order chi connectivity index (χ1) is 9.83. The average Bonchev–Trinajstić information content (AvgIpc) is 2.53. The molecule has 0 amide bonds. The summed E-state index contributed by atoms with van der Waals surface area (Å²) < 4.78 is 5.45. The predicted molar refractivity (Wildman–Crippen MR) is 81.1 cm³/mol. The van der Waals surface area contributed by atoms with Gasteiger partial charge in [-0.1, -0.05) is 36.4 Å². The Morgan fingerprint density at radius 2 is 1.80 bits per heavy atom. The van der Waals surface area contributed by atoms with Crippen molar-refractivity contribution in [3.8, 4) is 17.0 Å². The molecule has 0 aliphatic heterocycles. The molecule has 1 aromatic heterocycles. The molecule has 0 aliphatic rings. The van der Waals surface area contributed by atoms with Crippen LogP contribution in [-0.2, 0) is 0 Å². The number of benzene rings is 2. The van der Waals surface area contributed by atoms with Crippen LogP contribution in [0.4, 0.5) is 5.82 Å². The van der Waals surface area contributed by atoms with Crippen LogP contribution >= 0.6 is 0 Å². The molecule has 0 atom stereocenters. The van der Waals surface area contributed by atoms with Crippen molar-refractivity contribution in [1.82, 2.24) is 9.97 Å². The van der Waals surface area contributed by atoms with Crippen LogP contribution < -0.4 is 10.1 Å². The van der Waals surface area contributed by atoms with E-state index >= 15 is 0 Å². The summed E-state index contributed by atoms with van der Waals surface area (Å²) >= 11 is 0. The minimum Gasteiger partial charge on any atom is -0.491 e. The van der Waals surface area contributed by atoms with Gasteiger partial charge >= 0.3 is 0 Å². The molecule has 0 saturated carbocycles. The summed E-state index contributed by atoms with van der Waals surface area (Å²) in [5, 5.41) is 5.40. The molecule has 0 spiro atoms. The number of methoxy groups -OCH3 is 1. The molecule has 0 aliphatic carbocycles. The first-order valence-electron chi connectivity index (χ1n) is 6.39. The van der Waals surface area contributed by atoms with Gasteiger partial charge in [0.1, 0.15) is 12.0 Å². The molecule has 3 rings (SSSR count). The van der Waals surface area contributed by atoms with Crippen molar-refractivity contribution in [2.75, 3.05) is 19.5 Å². The number of nitrogens with one attached hydrogen (secondary N) is 1. The number of aromatic nitrogens is 2. The van der Waals surface area contributed by atoms with E-state index in [4.69, 9.17) is 4.74 Å². The second-order valence-corrected chi connectivity index (χ2v) is 4.42. The highest BCUT2D eigenvalue weighted by atomic mass is 16.5. The zero-order valence-electron chi connectivity index (χ0n) is 11.4. The summed E-state index contributed by atoms with van der Waals surface area (Å²) in [7, 11) is 3.44. The fraction of sp³-hybridized carbons (Fsp3) is 0.125. The Morgan fingerprint density at radius 3 is 2.55 bits per heavy atom. The molecule has 100 valence electrons. The van der Waals surface area contributed by atoms with E-state index < -0.39 is 0 Å². The van der Waals surface area contributed by atoms with E-state index in [-0.39, 0.29) is 0 Å². The van der Waals surface area contributed by atoms with Crippen LogP contribution in [0.15, 0.2) is 48.8 Å². The largest absolute Gasteiger partial charge is 0.491 e. The Labute approximate surface area is 117 Å². The Bertz CT molecular complexity index is 756. The highest BCUT2D eigenvalue weighted by Crippen LogP contribution is 2.33. The van der Waals surface area contributed by atoms with E-state index in [2.05, 4.69) is 39.6 Å². The van der Waals surface area contributed by atoms with Crippen LogP contribution in [0.1, 0.15) is 0 Å². The summed E-state index contributed by atoms with van der Waals surface area (Å²) in [5.41, 5.74) is 1.80. The standard InChI is InChI=1S/C16H15N3O/c1-17-16-15(20-2)14(18-10-19-16)13-8-7-11-5-3-4-6-12(11)9-13/h3-10H,1-2H3,(H,17,18,19). The number of anilines is 1. The molecule has 1 heterocycles. The minimum atomic E-state index is 0.658. The zero-order chi connectivity index (χ0) is 13.9. The normalized spacial score (nSPS) is 10.5. The Morgan fingerprint density at radius 1 is 1.00 bits per heavy atom. The van der Waals surface area contributed by atoms with Gasteiger partial charge in [-0.25, -0.2) is 9.97 Å². The number of fused-ring (bicyclic) bond motifs is 1. The highest BCUT2D eigenvalue weighted by molar-refractivity contribution is 5.88. The summed E-state index contributed by atoms with van der Waals surface area (Å²) in [6.07, 6.45) is 1.54. The van der Waals surface area contributed by atoms with Gasteiger partial charge in [-0.3, -0.25) is 0 Å². The first-order valence-corrected chi connectivity index (χ1v) is 6.39. The van der Waals surface area contributed by atoms with Crippen molar-refractivity contribution >= 4 is 16.6 Å². The molecule has 3 aromatic rings. The molecule has 4 nitrogen and oxygen atoms in total. The fourth-order valence-electron chi connectivity index (χ4n) is 2.29. The summed E-state index contributed by atoms with van der Waals surface area (Å²) in [6, 6.07) is 14.5. The molecular formula is C16H15N3O. The third kappa shape index (κ3) is 2.05. The van der Waals surface area contributed by atoms with Gasteiger partial charge in [0, 0.05) is 12.6 Å². The fourth-order valence-corrected chi connectivity index (χ4v) is 2.29. The number of hydrogen-bond donors (Lipinski definition) is 1. The van der Waals surface area contributed by atoms with Crippen molar-refractivity contribution < 1.29 is 4.74 Å². The molecule has 1 N–H and O–H groups in total. The average molecular weight is 265 g/mol. The highest BCUT2D eigenvalue weighted by Gasteiger charge is 2.13. The molecule has 2 aromatic carbocycles. The third-order valence-corrected chi connectivity index (χ3v) is 3.27. The summed E-state index contributed by atoms with van der Waals surface area (Å²) in [6.45, 7) is 0. The quantitative estimate of drug-likeness (QED) is 0.789. The van der Waals surface area contributed by atoms with Crippen LogP contribution in [0.5, 0.6) is 5.75 Å². The lowest BCUT2D eigenvalue weighted by Gasteiger charge is -2.11. The number of ether oxygens (including phenoxy) is 1. The van der Waals surface area contributed by atoms with Crippen molar-refractivity contribution in [2.45, 2.75) is 0 Å². The van der Waals surface area contributed by atoms with E-state index in [1.54, 1.807) is 13.4 Å². The maximum atomic E-state index is 5.45. The molecule has 0 unspecified atom stereocenters. The Kier molecular flexibility index (Phi) is 3.21. The zero-order valence-corrected chi connectivity index (χ0v) is 11.4. The first kappa shape index (κ1) is 12.4. The maximum absolute atomic E-state index is 5.45. The van der Waals surface area contributed by atoms with Gasteiger partial charge in [0.05, 0.1) is 7.11 Å². The van der Waals surface area contributed by atoms with Gasteiger partial charge in [-0.2, -0.15) is 0 Å². The number of nitrogens with zero attached hydrogens (tertiary/aromatic N) is 2. The maximum Gasteiger partial charge on any atom is 0.187 e. The van der Waals surface area contributed by atoms with Gasteiger partial charge in [0.15, 0.2) is 11.6 Å². The SMILES string of the molecule is CNc1ncnc(-c2ccc3ccccc3c2)c1OC. The summed E-state index contributed by atoms with van der Waals surface area (Å²) in [4.78, 5) is 8.53. The van der Waals surface area contributed by atoms with Crippen LogP contribution in [-0.4, -0.2) is 24.1 Å². The van der Waals surface area contributed by atoms with Gasteiger partial charge < -0.3 is 10.1 Å². The molecule has 0 radical (unpaired) electrons. The molecule has 20 heavy (non-hydrogen) atoms. The monoisotopic (exact) mass is 265 g/mol. The van der Waals surface area contributed by atoms with Gasteiger partial charge in [0.2, 0.25) is 0 Å². The number of hydrogen-bond acceptors (Lipinski definition) is 4. The Hall–Kier alpha value is -2.62. The van der Waals surface area contributed by atoms with Crippen LogP contribution in [0.3, 0.4) is 0 Å². The van der Waals surface area contributed by atoms with E-state index in [9.17, 15) is 0 Å². The Balaban J connectivity index is 2.20. The van der Waals surface area contributed by atoms with Crippen LogP contribution in [0, 0.1) is 0 Å². The topological polar surface area (TPSA) is 47.0 Å². The van der Waals surface area contributed by atoms with Gasteiger partial charge in [-0.05, 0) is 16.8 Å². The van der Waals surface area contributed by atoms with E-state index in [1.165, 1.54) is 10.8 Å². The second kappa shape index (κ2) is 5.17. The van der Waals surface area contributed by atoms with Gasteiger partial charge in [-0.15, -0.1) is 0 Å². The molecule has 0 bridgehead atoms. The van der Waals surface area contributed by atoms with Crippen molar-refractivity contribution in [2.24, 2.45) is 0 Å². The van der Waals surface area contributed by atoms with Crippen LogP contribution in [0.2, 0.25) is 0 Å². The van der Waals surface area contributed by atoms with Gasteiger partial charge in [0.25, 0.3) is 0 Å². The van der Waals surface area contributed by atoms with Crippen molar-refractivity contribution in [3.05, 3.63) is 48.8 Å². The predicted octanol–water partition coefficient (Wildman–Crippen LogP) is 3.35. The molecular weight excluding hydrogens is 250 g/mol. The van der Waals surface area contributed by atoms with E-state index in [0.717, 1.165) is 11.3 Å². The second-order valence-electron chi connectivity index (χ2n) is 4.42. The minimum absolute atomic E-state index is 0.658. The summed E-state index contributed by atoms with van der Waals surface area (Å²) in [5.74, 6) is 1.34. The van der Waals surface area contributed by atoms with E-state index in [0.29, 0.717) is 11.6 Å². The lowest BCUT2D eigenvalue weighted by atomic mass is 10.0. The molecule has 0 fully saturated rings. The van der Waals surface area contributed by atoms with E-state index in [1.807, 2.05) is 25.2 Å². The number of rotatable bonds is 3. The third-order valence-electron chi connectivity index (χ3n) is 3.27. The van der Waals surface area contributed by atoms with Crippen LogP contribution in [0.25, 0.3) is 22.0 Å². The molecule has 4 heteroatoms. The van der Waals surface area contributed by atoms with Crippen molar-refractivity contribution in [1.29, 1.82) is 0 Å². The molecule has 0 saturated heterocycles. The lowest BCUT2D eigenvalue weighted by molar-refractivity contribution is 0.415. The lowest BCUT2D eigenvalue weighted by Crippen LogP contribution is -2.00.